The topological polar surface area (TPSA) is 65.7 Å². The molecule has 3 aromatic rings. The van der Waals surface area contributed by atoms with Gasteiger partial charge in [-0.2, -0.15) is 0 Å². The highest BCUT2D eigenvalue weighted by molar-refractivity contribution is 5.96. The average molecular weight is 453 g/mol. The molecular formula is C27H33FN2O3. The third kappa shape index (κ3) is 5.81. The molecule has 2 aromatic carbocycles. The van der Waals surface area contributed by atoms with E-state index in [9.17, 15) is 14.3 Å². The summed E-state index contributed by atoms with van der Waals surface area (Å²) in [6, 6.07) is 13.7. The van der Waals surface area contributed by atoms with E-state index in [1.54, 1.807) is 12.1 Å². The van der Waals surface area contributed by atoms with Crippen LogP contribution in [0.1, 0.15) is 55.3 Å². The largest absolute Gasteiger partial charge is 0.451 e. The first-order valence-electron chi connectivity index (χ1n) is 11.6. The van der Waals surface area contributed by atoms with Gasteiger partial charge < -0.3 is 19.7 Å². The van der Waals surface area contributed by atoms with Gasteiger partial charge in [0.15, 0.2) is 5.76 Å². The second kappa shape index (κ2) is 9.27. The van der Waals surface area contributed by atoms with Crippen LogP contribution in [0.3, 0.4) is 0 Å². The summed E-state index contributed by atoms with van der Waals surface area (Å²) in [7, 11) is 0. The number of aliphatic hydroxyl groups is 1. The number of carbonyl (C=O) groups excluding carboxylic acids is 1. The highest BCUT2D eigenvalue weighted by atomic mass is 19.1. The van der Waals surface area contributed by atoms with E-state index in [1.807, 2.05) is 24.3 Å². The summed E-state index contributed by atoms with van der Waals surface area (Å²) < 4.78 is 19.0. The minimum atomic E-state index is -0.868. The van der Waals surface area contributed by atoms with Crippen LogP contribution in [0, 0.1) is 11.2 Å². The number of hydrogen-bond donors (Lipinski definition) is 2. The van der Waals surface area contributed by atoms with E-state index in [4.69, 9.17) is 4.42 Å². The summed E-state index contributed by atoms with van der Waals surface area (Å²) in [5.74, 6) is -0.361. The number of carbonyl (C=O) groups is 1. The fraction of sp³-hybridized carbons (Fsp3) is 0.444. The number of nitrogens with one attached hydrogen (secondary N) is 1. The summed E-state index contributed by atoms with van der Waals surface area (Å²) in [5, 5.41) is 14.9. The van der Waals surface area contributed by atoms with Gasteiger partial charge in [0.1, 0.15) is 11.4 Å². The van der Waals surface area contributed by atoms with Crippen LogP contribution in [-0.4, -0.2) is 42.1 Å². The van der Waals surface area contributed by atoms with Crippen molar-refractivity contribution in [2.45, 2.75) is 45.6 Å². The number of piperidine rings is 1. The first-order chi connectivity index (χ1) is 15.6. The highest BCUT2D eigenvalue weighted by Crippen LogP contribution is 2.35. The van der Waals surface area contributed by atoms with E-state index in [0.29, 0.717) is 31.4 Å². The molecule has 1 amide bonds. The van der Waals surface area contributed by atoms with Gasteiger partial charge in [0.25, 0.3) is 5.91 Å². The maximum Gasteiger partial charge on any atom is 0.287 e. The predicted molar refractivity (Wildman–Crippen MR) is 128 cm³/mol. The number of furan rings is 1. The van der Waals surface area contributed by atoms with E-state index in [2.05, 4.69) is 31.0 Å². The van der Waals surface area contributed by atoms with Crippen LogP contribution in [0.4, 0.5) is 4.39 Å². The third-order valence-corrected chi connectivity index (χ3v) is 6.25. The number of nitrogens with zero attached hydrogens (tertiary/aromatic N) is 1. The van der Waals surface area contributed by atoms with E-state index in [1.165, 1.54) is 12.1 Å². The third-order valence-electron chi connectivity index (χ3n) is 6.25. The molecule has 5 nitrogen and oxygen atoms in total. The first-order valence-corrected chi connectivity index (χ1v) is 11.6. The maximum absolute atomic E-state index is 13.3. The molecule has 0 spiro atoms. The molecule has 1 fully saturated rings. The number of benzene rings is 2. The fourth-order valence-electron chi connectivity index (χ4n) is 4.59. The lowest BCUT2D eigenvalue weighted by molar-refractivity contribution is -0.0316. The molecule has 4 rings (SSSR count). The van der Waals surface area contributed by atoms with Crippen molar-refractivity contribution in [3.05, 3.63) is 71.2 Å². The molecule has 1 aromatic heterocycles. The Balaban J connectivity index is 1.39. The average Bonchev–Trinajstić information content (AvgIpc) is 3.18. The SMILES string of the molecule is CC(C)(C)CN1CCC(O)(c2ccc3oc(C(=O)NCCc4cccc(F)c4)cc3c2)CC1. The molecule has 2 heterocycles. The fourth-order valence-corrected chi connectivity index (χ4v) is 4.59. The predicted octanol–water partition coefficient (Wildman–Crippen LogP) is 4.87. The van der Waals surface area contributed by atoms with E-state index in [-0.39, 0.29) is 22.9 Å². The van der Waals surface area contributed by atoms with Crippen molar-refractivity contribution < 1.29 is 18.7 Å². The summed E-state index contributed by atoms with van der Waals surface area (Å²) >= 11 is 0. The number of fused-ring (bicyclic) bond motifs is 1. The molecule has 0 unspecified atom stereocenters. The van der Waals surface area contributed by atoms with Gasteiger partial charge in [-0.1, -0.05) is 39.0 Å². The molecule has 2 N–H and O–H groups in total. The van der Waals surface area contributed by atoms with Crippen LogP contribution in [0.5, 0.6) is 0 Å². The summed E-state index contributed by atoms with van der Waals surface area (Å²) in [6.07, 6.45) is 1.90. The van der Waals surface area contributed by atoms with Crippen molar-refractivity contribution in [2.24, 2.45) is 5.41 Å². The summed E-state index contributed by atoms with van der Waals surface area (Å²) in [4.78, 5) is 15.0. The minimum Gasteiger partial charge on any atom is -0.451 e. The van der Waals surface area contributed by atoms with Gasteiger partial charge in [0, 0.05) is 31.6 Å². The van der Waals surface area contributed by atoms with Gasteiger partial charge in [-0.25, -0.2) is 4.39 Å². The Morgan fingerprint density at radius 3 is 2.61 bits per heavy atom. The summed E-state index contributed by atoms with van der Waals surface area (Å²) in [5.41, 5.74) is 1.67. The molecule has 1 aliphatic rings. The van der Waals surface area contributed by atoms with Crippen LogP contribution in [-0.2, 0) is 12.0 Å². The maximum atomic E-state index is 13.3. The van der Waals surface area contributed by atoms with Crippen molar-refractivity contribution in [2.75, 3.05) is 26.2 Å². The molecule has 1 saturated heterocycles. The highest BCUT2D eigenvalue weighted by Gasteiger charge is 2.35. The van der Waals surface area contributed by atoms with Gasteiger partial charge in [0.2, 0.25) is 0 Å². The number of rotatable bonds is 6. The van der Waals surface area contributed by atoms with E-state index >= 15 is 0 Å². The van der Waals surface area contributed by atoms with Gasteiger partial charge in [-0.15, -0.1) is 0 Å². The van der Waals surface area contributed by atoms with Gasteiger partial charge in [-0.3, -0.25) is 4.79 Å². The molecule has 1 aliphatic heterocycles. The quantitative estimate of drug-likeness (QED) is 0.560. The zero-order valence-corrected chi connectivity index (χ0v) is 19.7. The molecule has 0 atom stereocenters. The van der Waals surface area contributed by atoms with Gasteiger partial charge in [0.05, 0.1) is 5.60 Å². The Hall–Kier alpha value is -2.70. The minimum absolute atomic E-state index is 0.230. The van der Waals surface area contributed by atoms with Crippen molar-refractivity contribution >= 4 is 16.9 Å². The van der Waals surface area contributed by atoms with Crippen molar-refractivity contribution in [3.63, 3.8) is 0 Å². The monoisotopic (exact) mass is 452 g/mol. The van der Waals surface area contributed by atoms with Crippen molar-refractivity contribution in [1.82, 2.24) is 10.2 Å². The second-order valence-corrected chi connectivity index (χ2v) is 10.4. The second-order valence-electron chi connectivity index (χ2n) is 10.4. The molecule has 0 radical (unpaired) electrons. The molecular weight excluding hydrogens is 419 g/mol. The first kappa shape index (κ1) is 23.5. The zero-order valence-electron chi connectivity index (χ0n) is 19.7. The smallest absolute Gasteiger partial charge is 0.287 e. The van der Waals surface area contributed by atoms with Crippen LogP contribution in [0.15, 0.2) is 52.9 Å². The van der Waals surface area contributed by atoms with Crippen molar-refractivity contribution in [3.8, 4) is 0 Å². The lowest BCUT2D eigenvalue weighted by atomic mass is 9.83. The van der Waals surface area contributed by atoms with Crippen LogP contribution >= 0.6 is 0 Å². The molecule has 33 heavy (non-hydrogen) atoms. The molecule has 0 aliphatic carbocycles. The molecule has 6 heteroatoms. The van der Waals surface area contributed by atoms with Crippen LogP contribution in [0.25, 0.3) is 11.0 Å². The number of halogens is 1. The Kier molecular flexibility index (Phi) is 6.59. The standard InChI is InChI=1S/C27H33FN2O3/c1-26(2,3)18-30-13-10-27(32,11-14-30)21-7-8-23-20(16-21)17-24(33-23)25(31)29-12-9-19-5-4-6-22(28)15-19/h4-8,15-17,32H,9-14,18H2,1-3H3,(H,29,31). The van der Waals surface area contributed by atoms with E-state index in [0.717, 1.165) is 36.1 Å². The Bertz CT molecular complexity index is 1120. The Morgan fingerprint density at radius 1 is 1.15 bits per heavy atom. The Labute approximate surface area is 194 Å². The number of likely N-dealkylation sites (tertiary alicyclic amines) is 1. The lowest BCUT2D eigenvalue weighted by Gasteiger charge is -2.40. The number of hydrogen-bond acceptors (Lipinski definition) is 4. The van der Waals surface area contributed by atoms with Gasteiger partial charge in [-0.05, 0) is 66.1 Å². The normalized spacial score (nSPS) is 16.8. The lowest BCUT2D eigenvalue weighted by Crippen LogP contribution is -2.45. The Morgan fingerprint density at radius 2 is 1.91 bits per heavy atom. The van der Waals surface area contributed by atoms with Crippen LogP contribution < -0.4 is 5.32 Å². The molecule has 0 bridgehead atoms. The molecule has 176 valence electrons. The molecule has 0 saturated carbocycles. The van der Waals surface area contributed by atoms with Crippen molar-refractivity contribution in [1.29, 1.82) is 0 Å². The number of amides is 1. The summed E-state index contributed by atoms with van der Waals surface area (Å²) in [6.45, 7) is 9.81. The van der Waals surface area contributed by atoms with E-state index < -0.39 is 5.60 Å². The zero-order chi connectivity index (χ0) is 23.6. The van der Waals surface area contributed by atoms with Gasteiger partial charge >= 0.3 is 0 Å². The van der Waals surface area contributed by atoms with Crippen LogP contribution in [0.2, 0.25) is 0 Å².